The van der Waals surface area contributed by atoms with Gasteiger partial charge in [0.25, 0.3) is 0 Å². The van der Waals surface area contributed by atoms with Crippen molar-refractivity contribution in [3.05, 3.63) is 42.5 Å². The fraction of sp³-hybridized carbons (Fsp3) is 0.350. The lowest BCUT2D eigenvalue weighted by atomic mass is 9.95. The molecule has 2 fully saturated rings. The Labute approximate surface area is 157 Å². The lowest BCUT2D eigenvalue weighted by molar-refractivity contribution is -0.212. The van der Waals surface area contributed by atoms with Crippen LogP contribution in [0.3, 0.4) is 0 Å². The number of aromatic nitrogens is 3. The first-order chi connectivity index (χ1) is 13.1. The number of morpholine rings is 1. The Balaban J connectivity index is 1.35. The normalized spacial score (nSPS) is 21.4. The zero-order valence-corrected chi connectivity index (χ0v) is 15.3. The van der Waals surface area contributed by atoms with Gasteiger partial charge in [0.15, 0.2) is 0 Å². The summed E-state index contributed by atoms with van der Waals surface area (Å²) in [5.41, 5.74) is 2.15. The maximum Gasteiger partial charge on any atom is 0.239 e. The van der Waals surface area contributed by atoms with Gasteiger partial charge >= 0.3 is 0 Å². The number of likely N-dealkylation sites (tertiary alicyclic amines) is 1. The molecule has 0 saturated carbocycles. The number of carbonyl (C=O) groups excluding carboxylic acids is 1. The second-order valence-electron chi connectivity index (χ2n) is 7.30. The monoisotopic (exact) mass is 363 g/mol. The molecule has 3 aromatic rings. The minimum atomic E-state index is -0.0365. The number of carbonyl (C=O) groups is 1. The topological polar surface area (TPSA) is 72.3 Å². The van der Waals surface area contributed by atoms with Crippen LogP contribution in [-0.4, -0.2) is 57.2 Å². The summed E-state index contributed by atoms with van der Waals surface area (Å²) < 4.78 is 7.44. The zero-order chi connectivity index (χ0) is 18.5. The van der Waals surface area contributed by atoms with E-state index in [9.17, 15) is 4.79 Å². The largest absolute Gasteiger partial charge is 0.373 e. The molecule has 138 valence electrons. The van der Waals surface area contributed by atoms with Gasteiger partial charge < -0.3 is 14.6 Å². The van der Waals surface area contributed by atoms with Crippen molar-refractivity contribution in [1.82, 2.24) is 19.4 Å². The summed E-state index contributed by atoms with van der Waals surface area (Å²) in [6.45, 7) is 3.95. The molecule has 27 heavy (non-hydrogen) atoms. The number of anilines is 1. The van der Waals surface area contributed by atoms with E-state index in [1.807, 2.05) is 32.3 Å². The molecule has 4 heterocycles. The van der Waals surface area contributed by atoms with Crippen molar-refractivity contribution >= 4 is 22.5 Å². The maximum absolute atomic E-state index is 12.3. The minimum Gasteiger partial charge on any atom is -0.373 e. The summed E-state index contributed by atoms with van der Waals surface area (Å²) in [5, 5.41) is 4.99. The Morgan fingerprint density at radius 1 is 1.26 bits per heavy atom. The number of hydrogen-bond donors (Lipinski definition) is 1. The van der Waals surface area contributed by atoms with Gasteiger partial charge in [0, 0.05) is 30.7 Å². The number of ether oxygens (including phenoxy) is 1. The zero-order valence-electron chi connectivity index (χ0n) is 15.3. The Morgan fingerprint density at radius 3 is 2.81 bits per heavy atom. The highest BCUT2D eigenvalue weighted by atomic mass is 16.5. The van der Waals surface area contributed by atoms with E-state index in [0.29, 0.717) is 24.5 Å². The van der Waals surface area contributed by atoms with Crippen molar-refractivity contribution in [1.29, 1.82) is 0 Å². The maximum atomic E-state index is 12.3. The highest BCUT2D eigenvalue weighted by Gasteiger charge is 2.47. The molecule has 0 bridgehead atoms. The first-order valence-corrected chi connectivity index (χ1v) is 9.12. The van der Waals surface area contributed by atoms with Crippen molar-refractivity contribution in [3.8, 4) is 11.3 Å². The van der Waals surface area contributed by atoms with Gasteiger partial charge in [0.2, 0.25) is 5.91 Å². The molecule has 1 unspecified atom stereocenters. The van der Waals surface area contributed by atoms with E-state index in [0.717, 1.165) is 41.0 Å². The van der Waals surface area contributed by atoms with Gasteiger partial charge in [-0.2, -0.15) is 0 Å². The van der Waals surface area contributed by atoms with Crippen molar-refractivity contribution in [3.63, 3.8) is 0 Å². The summed E-state index contributed by atoms with van der Waals surface area (Å²) in [5.74, 6) is 1.51. The number of pyridine rings is 1. The molecule has 2 aliphatic heterocycles. The molecule has 5 rings (SSSR count). The van der Waals surface area contributed by atoms with Gasteiger partial charge in [0.05, 0.1) is 37.2 Å². The molecular weight excluding hydrogens is 342 g/mol. The van der Waals surface area contributed by atoms with Crippen molar-refractivity contribution in [2.75, 3.05) is 25.0 Å². The van der Waals surface area contributed by atoms with Crippen LogP contribution in [0.25, 0.3) is 22.0 Å². The molecule has 1 N–H and O–H groups in total. The van der Waals surface area contributed by atoms with Crippen LogP contribution in [0.5, 0.6) is 0 Å². The van der Waals surface area contributed by atoms with E-state index in [-0.39, 0.29) is 5.91 Å². The summed E-state index contributed by atoms with van der Waals surface area (Å²) in [4.78, 5) is 23.2. The third-order valence-electron chi connectivity index (χ3n) is 5.65. The number of nitrogens with zero attached hydrogens (tertiary/aromatic N) is 4. The number of fused-ring (bicyclic) bond motifs is 2. The SMILES string of the molecule is Cc1ncc(-c2ccc3cnc(NC(=O)CN4C[C@@H]5OCC54)cc3c2)n1C. The Morgan fingerprint density at radius 2 is 2.15 bits per heavy atom. The average Bonchev–Trinajstić information content (AvgIpc) is 2.97. The fourth-order valence-corrected chi connectivity index (χ4v) is 3.75. The molecule has 0 radical (unpaired) electrons. The predicted molar refractivity (Wildman–Crippen MR) is 102 cm³/mol. The first kappa shape index (κ1) is 16.4. The predicted octanol–water partition coefficient (Wildman–Crippen LogP) is 1.97. The van der Waals surface area contributed by atoms with Crippen LogP contribution < -0.4 is 5.32 Å². The highest BCUT2D eigenvalue weighted by molar-refractivity contribution is 5.94. The summed E-state index contributed by atoms with van der Waals surface area (Å²) in [6, 6.07) is 8.56. The molecule has 7 heteroatoms. The lowest BCUT2D eigenvalue weighted by Crippen LogP contribution is -2.71. The molecule has 2 aromatic heterocycles. The molecule has 1 aromatic carbocycles. The quantitative estimate of drug-likeness (QED) is 0.767. The van der Waals surface area contributed by atoms with E-state index in [4.69, 9.17) is 4.74 Å². The van der Waals surface area contributed by atoms with Crippen LogP contribution in [0.15, 0.2) is 36.7 Å². The summed E-state index contributed by atoms with van der Waals surface area (Å²) in [7, 11) is 2.01. The first-order valence-electron chi connectivity index (χ1n) is 9.12. The van der Waals surface area contributed by atoms with E-state index in [1.54, 1.807) is 6.20 Å². The van der Waals surface area contributed by atoms with Gasteiger partial charge in [-0.3, -0.25) is 9.69 Å². The number of hydrogen-bond acceptors (Lipinski definition) is 5. The number of imidazole rings is 1. The van der Waals surface area contributed by atoms with Gasteiger partial charge in [-0.1, -0.05) is 12.1 Å². The van der Waals surface area contributed by atoms with Gasteiger partial charge in [-0.15, -0.1) is 0 Å². The molecule has 1 amide bonds. The number of aryl methyl sites for hydroxylation is 1. The van der Waals surface area contributed by atoms with E-state index >= 15 is 0 Å². The Bertz CT molecular complexity index is 1040. The van der Waals surface area contributed by atoms with Crippen LogP contribution in [-0.2, 0) is 16.6 Å². The number of benzene rings is 1. The molecular formula is C20H21N5O2. The van der Waals surface area contributed by atoms with Crippen LogP contribution in [0.4, 0.5) is 5.82 Å². The van der Waals surface area contributed by atoms with Crippen molar-refractivity contribution in [2.45, 2.75) is 19.1 Å². The third kappa shape index (κ3) is 2.79. The van der Waals surface area contributed by atoms with Crippen molar-refractivity contribution < 1.29 is 9.53 Å². The van der Waals surface area contributed by atoms with Gasteiger partial charge in [-0.25, -0.2) is 9.97 Å². The van der Waals surface area contributed by atoms with Crippen LogP contribution in [0.1, 0.15) is 5.82 Å². The lowest BCUT2D eigenvalue weighted by Gasteiger charge is -2.54. The van der Waals surface area contributed by atoms with Crippen LogP contribution in [0.2, 0.25) is 0 Å². The smallest absolute Gasteiger partial charge is 0.239 e. The third-order valence-corrected chi connectivity index (χ3v) is 5.65. The Kier molecular flexibility index (Phi) is 3.73. The van der Waals surface area contributed by atoms with E-state index in [2.05, 4.69) is 36.9 Å². The molecule has 2 atom stereocenters. The Hall–Kier alpha value is -2.77. The molecule has 7 nitrogen and oxygen atoms in total. The number of nitrogens with one attached hydrogen (secondary N) is 1. The minimum absolute atomic E-state index is 0.0365. The number of rotatable bonds is 4. The standard InChI is InChI=1S/C20H21N5O2/c1-12-21-8-16(24(12)2)13-3-4-14-7-22-19(6-15(14)5-13)23-20(26)10-25-9-18-17(25)11-27-18/h3-8,17-18H,9-11H2,1-2H3,(H,22,23,26)/t17?,18-/m0/s1. The second kappa shape index (κ2) is 6.14. The second-order valence-corrected chi connectivity index (χ2v) is 7.30. The van der Waals surface area contributed by atoms with Gasteiger partial charge in [-0.05, 0) is 24.4 Å². The summed E-state index contributed by atoms with van der Waals surface area (Å²) in [6.07, 6.45) is 4.01. The highest BCUT2D eigenvalue weighted by Crippen LogP contribution is 2.30. The molecule has 0 aliphatic carbocycles. The van der Waals surface area contributed by atoms with E-state index < -0.39 is 0 Å². The van der Waals surface area contributed by atoms with Gasteiger partial charge in [0.1, 0.15) is 11.6 Å². The van der Waals surface area contributed by atoms with Crippen molar-refractivity contribution in [2.24, 2.45) is 7.05 Å². The van der Waals surface area contributed by atoms with Crippen LogP contribution >= 0.6 is 0 Å². The average molecular weight is 363 g/mol. The molecule has 2 aliphatic rings. The van der Waals surface area contributed by atoms with Crippen LogP contribution in [0, 0.1) is 6.92 Å². The molecule has 0 spiro atoms. The fourth-order valence-electron chi connectivity index (χ4n) is 3.75. The molecule has 2 saturated heterocycles. The van der Waals surface area contributed by atoms with E-state index in [1.165, 1.54) is 0 Å². The summed E-state index contributed by atoms with van der Waals surface area (Å²) >= 11 is 0. The number of amides is 1.